The Morgan fingerprint density at radius 2 is 2.00 bits per heavy atom. The molecule has 1 aromatic carbocycles. The number of anilines is 1. The normalized spacial score (nSPS) is 10.1. The largest absolute Gasteiger partial charge is 0.396 e. The standard InChI is InChI=1S/C12H14Cl2N2O/c1-3-5-16(4-2)12(17)8-6-9(13)11(15)10(14)7-8/h3,6-7H,1,4-5,15H2,2H3. The van der Waals surface area contributed by atoms with Crippen LogP contribution in [-0.4, -0.2) is 23.9 Å². The summed E-state index contributed by atoms with van der Waals surface area (Å²) in [6, 6.07) is 3.05. The van der Waals surface area contributed by atoms with E-state index in [0.29, 0.717) is 18.7 Å². The molecule has 1 amide bonds. The molecule has 0 saturated heterocycles. The van der Waals surface area contributed by atoms with Crippen molar-refractivity contribution in [2.75, 3.05) is 18.8 Å². The highest BCUT2D eigenvalue weighted by atomic mass is 35.5. The smallest absolute Gasteiger partial charge is 0.254 e. The Morgan fingerprint density at radius 1 is 1.47 bits per heavy atom. The monoisotopic (exact) mass is 272 g/mol. The molecule has 0 radical (unpaired) electrons. The van der Waals surface area contributed by atoms with Gasteiger partial charge in [0.25, 0.3) is 5.91 Å². The van der Waals surface area contributed by atoms with Gasteiger partial charge in [-0.05, 0) is 19.1 Å². The Kier molecular flexibility index (Phi) is 4.85. The van der Waals surface area contributed by atoms with Crippen molar-refractivity contribution in [2.24, 2.45) is 0 Å². The lowest BCUT2D eigenvalue weighted by Crippen LogP contribution is -2.30. The van der Waals surface area contributed by atoms with E-state index in [9.17, 15) is 4.79 Å². The van der Waals surface area contributed by atoms with E-state index < -0.39 is 0 Å². The van der Waals surface area contributed by atoms with Crippen LogP contribution < -0.4 is 5.73 Å². The summed E-state index contributed by atoms with van der Waals surface area (Å²) < 4.78 is 0. The lowest BCUT2D eigenvalue weighted by Gasteiger charge is -2.19. The molecular formula is C12H14Cl2N2O. The zero-order valence-electron chi connectivity index (χ0n) is 9.54. The van der Waals surface area contributed by atoms with Crippen molar-refractivity contribution in [2.45, 2.75) is 6.92 Å². The number of carbonyl (C=O) groups is 1. The number of hydrogen-bond acceptors (Lipinski definition) is 2. The minimum atomic E-state index is -0.142. The Bertz CT molecular complexity index is 423. The van der Waals surface area contributed by atoms with E-state index in [-0.39, 0.29) is 21.6 Å². The zero-order chi connectivity index (χ0) is 13.0. The first kappa shape index (κ1) is 13.9. The maximum atomic E-state index is 12.1. The van der Waals surface area contributed by atoms with E-state index in [1.165, 1.54) is 12.1 Å². The number of likely N-dealkylation sites (N-methyl/N-ethyl adjacent to an activating group) is 1. The molecule has 5 heteroatoms. The fraction of sp³-hybridized carbons (Fsp3) is 0.250. The first-order valence-electron chi connectivity index (χ1n) is 5.16. The highest BCUT2D eigenvalue weighted by Gasteiger charge is 2.15. The Balaban J connectivity index is 3.07. The van der Waals surface area contributed by atoms with Gasteiger partial charge in [-0.2, -0.15) is 0 Å². The highest BCUT2D eigenvalue weighted by Crippen LogP contribution is 2.29. The summed E-state index contributed by atoms with van der Waals surface area (Å²) in [6.07, 6.45) is 1.67. The predicted molar refractivity (Wildman–Crippen MR) is 72.6 cm³/mol. The summed E-state index contributed by atoms with van der Waals surface area (Å²) in [6.45, 7) is 6.57. The second kappa shape index (κ2) is 5.94. The molecule has 3 nitrogen and oxygen atoms in total. The molecule has 0 heterocycles. The third-order valence-electron chi connectivity index (χ3n) is 2.34. The maximum Gasteiger partial charge on any atom is 0.254 e. The van der Waals surface area contributed by atoms with Crippen molar-refractivity contribution in [3.63, 3.8) is 0 Å². The van der Waals surface area contributed by atoms with Crippen LogP contribution in [0, 0.1) is 0 Å². The molecule has 0 atom stereocenters. The lowest BCUT2D eigenvalue weighted by molar-refractivity contribution is 0.0782. The van der Waals surface area contributed by atoms with Crippen LogP contribution in [0.15, 0.2) is 24.8 Å². The van der Waals surface area contributed by atoms with Gasteiger partial charge in [0, 0.05) is 18.7 Å². The molecule has 1 aromatic rings. The SMILES string of the molecule is C=CCN(CC)C(=O)c1cc(Cl)c(N)c(Cl)c1. The molecule has 0 fully saturated rings. The average molecular weight is 273 g/mol. The Labute approximate surface area is 111 Å². The van der Waals surface area contributed by atoms with Crippen molar-refractivity contribution < 1.29 is 4.79 Å². The number of nitrogen functional groups attached to an aromatic ring is 1. The summed E-state index contributed by atoms with van der Waals surface area (Å²) in [4.78, 5) is 13.7. The van der Waals surface area contributed by atoms with Crippen molar-refractivity contribution in [1.82, 2.24) is 4.90 Å². The van der Waals surface area contributed by atoms with Gasteiger partial charge >= 0.3 is 0 Å². The van der Waals surface area contributed by atoms with Gasteiger partial charge in [0.05, 0.1) is 15.7 Å². The minimum Gasteiger partial charge on any atom is -0.396 e. The van der Waals surface area contributed by atoms with Crippen LogP contribution in [0.25, 0.3) is 0 Å². The molecular weight excluding hydrogens is 259 g/mol. The van der Waals surface area contributed by atoms with E-state index >= 15 is 0 Å². The maximum absolute atomic E-state index is 12.1. The molecule has 0 aliphatic heterocycles. The molecule has 2 N–H and O–H groups in total. The number of amides is 1. The fourth-order valence-electron chi connectivity index (χ4n) is 1.40. The highest BCUT2D eigenvalue weighted by molar-refractivity contribution is 6.39. The predicted octanol–water partition coefficient (Wildman–Crippen LogP) is 3.22. The van der Waals surface area contributed by atoms with Crippen LogP contribution in [0.1, 0.15) is 17.3 Å². The van der Waals surface area contributed by atoms with Gasteiger partial charge in [-0.15, -0.1) is 6.58 Å². The van der Waals surface area contributed by atoms with Crippen molar-refractivity contribution >= 4 is 34.8 Å². The molecule has 1 rings (SSSR count). The van der Waals surface area contributed by atoms with Gasteiger partial charge in [-0.25, -0.2) is 0 Å². The van der Waals surface area contributed by atoms with Crippen molar-refractivity contribution in [3.05, 3.63) is 40.4 Å². The second-order valence-corrected chi connectivity index (χ2v) is 4.30. The third kappa shape index (κ3) is 3.14. The fourth-order valence-corrected chi connectivity index (χ4v) is 1.89. The van der Waals surface area contributed by atoms with Gasteiger partial charge < -0.3 is 10.6 Å². The third-order valence-corrected chi connectivity index (χ3v) is 2.97. The van der Waals surface area contributed by atoms with E-state index in [2.05, 4.69) is 6.58 Å². The minimum absolute atomic E-state index is 0.142. The van der Waals surface area contributed by atoms with Gasteiger partial charge in [0.15, 0.2) is 0 Å². The van der Waals surface area contributed by atoms with Crippen LogP contribution in [0.4, 0.5) is 5.69 Å². The molecule has 0 saturated carbocycles. The second-order valence-electron chi connectivity index (χ2n) is 3.49. The van der Waals surface area contributed by atoms with Crippen molar-refractivity contribution in [1.29, 1.82) is 0 Å². The summed E-state index contributed by atoms with van der Waals surface area (Å²) in [7, 11) is 0. The zero-order valence-corrected chi connectivity index (χ0v) is 11.1. The molecule has 0 spiro atoms. The molecule has 0 aliphatic carbocycles. The van der Waals surface area contributed by atoms with Crippen LogP contribution in [0.3, 0.4) is 0 Å². The Hall–Kier alpha value is -1.19. The number of benzene rings is 1. The molecule has 17 heavy (non-hydrogen) atoms. The van der Waals surface area contributed by atoms with Crippen LogP contribution in [0.5, 0.6) is 0 Å². The first-order valence-corrected chi connectivity index (χ1v) is 5.91. The topological polar surface area (TPSA) is 46.3 Å². The number of hydrogen-bond donors (Lipinski definition) is 1. The van der Waals surface area contributed by atoms with Crippen molar-refractivity contribution in [3.8, 4) is 0 Å². The van der Waals surface area contributed by atoms with Gasteiger partial charge in [-0.3, -0.25) is 4.79 Å². The summed E-state index contributed by atoms with van der Waals surface area (Å²) in [5, 5.41) is 0.575. The van der Waals surface area contributed by atoms with Gasteiger partial charge in [-0.1, -0.05) is 29.3 Å². The van der Waals surface area contributed by atoms with E-state index in [1.54, 1.807) is 11.0 Å². The molecule has 0 aromatic heterocycles. The summed E-state index contributed by atoms with van der Waals surface area (Å²) in [5.41, 5.74) is 6.33. The van der Waals surface area contributed by atoms with E-state index in [4.69, 9.17) is 28.9 Å². The average Bonchev–Trinajstić information content (AvgIpc) is 2.31. The summed E-state index contributed by atoms with van der Waals surface area (Å²) >= 11 is 11.8. The number of rotatable bonds is 4. The van der Waals surface area contributed by atoms with E-state index in [0.717, 1.165) is 0 Å². The van der Waals surface area contributed by atoms with Crippen LogP contribution >= 0.6 is 23.2 Å². The quantitative estimate of drug-likeness (QED) is 0.676. The van der Waals surface area contributed by atoms with Crippen LogP contribution in [-0.2, 0) is 0 Å². The number of halogens is 2. The molecule has 92 valence electrons. The molecule has 0 unspecified atom stereocenters. The number of nitrogens with zero attached hydrogens (tertiary/aromatic N) is 1. The summed E-state index contributed by atoms with van der Waals surface area (Å²) in [5.74, 6) is -0.142. The Morgan fingerprint density at radius 3 is 2.41 bits per heavy atom. The van der Waals surface area contributed by atoms with Gasteiger partial charge in [0.2, 0.25) is 0 Å². The van der Waals surface area contributed by atoms with Gasteiger partial charge in [0.1, 0.15) is 0 Å². The number of carbonyl (C=O) groups excluding carboxylic acids is 1. The van der Waals surface area contributed by atoms with Crippen LogP contribution in [0.2, 0.25) is 10.0 Å². The molecule has 0 bridgehead atoms. The van der Waals surface area contributed by atoms with E-state index in [1.807, 2.05) is 6.92 Å². The number of nitrogens with two attached hydrogens (primary N) is 1. The molecule has 0 aliphatic rings. The lowest BCUT2D eigenvalue weighted by atomic mass is 10.1. The first-order chi connectivity index (χ1) is 8.01.